The lowest BCUT2D eigenvalue weighted by molar-refractivity contribution is 0.425. The number of hydrogen-bond donors (Lipinski definition) is 2. The minimum atomic E-state index is -1.53. The van der Waals surface area contributed by atoms with Gasteiger partial charge in [0.15, 0.2) is 0 Å². The zero-order valence-corrected chi connectivity index (χ0v) is 13.9. The molecule has 0 aliphatic rings. The van der Waals surface area contributed by atoms with Gasteiger partial charge in [0, 0.05) is 21.5 Å². The lowest BCUT2D eigenvalue weighted by Crippen LogP contribution is -2.31. The van der Waals surface area contributed by atoms with E-state index in [1.54, 1.807) is 6.07 Å². The molecule has 0 atom stereocenters. The molecular formula is C18H15BBrNO2. The second kappa shape index (κ2) is 7.00. The summed E-state index contributed by atoms with van der Waals surface area (Å²) in [4.78, 5) is 2.07. The van der Waals surface area contributed by atoms with E-state index in [2.05, 4.69) is 20.8 Å². The van der Waals surface area contributed by atoms with Crippen LogP contribution in [0.5, 0.6) is 0 Å². The highest BCUT2D eigenvalue weighted by molar-refractivity contribution is 9.10. The van der Waals surface area contributed by atoms with Gasteiger partial charge in [0.25, 0.3) is 0 Å². The molecule has 3 rings (SSSR count). The van der Waals surface area contributed by atoms with Crippen LogP contribution in [-0.4, -0.2) is 17.2 Å². The third-order valence-electron chi connectivity index (χ3n) is 3.54. The van der Waals surface area contributed by atoms with Crippen LogP contribution in [0.3, 0.4) is 0 Å². The summed E-state index contributed by atoms with van der Waals surface area (Å²) in [6, 6.07) is 25.5. The molecular weight excluding hydrogens is 353 g/mol. The maximum Gasteiger partial charge on any atom is 0.489 e. The van der Waals surface area contributed by atoms with Crippen molar-refractivity contribution in [3.63, 3.8) is 0 Å². The molecule has 3 aromatic carbocycles. The van der Waals surface area contributed by atoms with Crippen molar-refractivity contribution in [3.8, 4) is 0 Å². The molecule has 0 fully saturated rings. The van der Waals surface area contributed by atoms with Crippen molar-refractivity contribution in [1.82, 2.24) is 0 Å². The summed E-state index contributed by atoms with van der Waals surface area (Å²) in [5, 5.41) is 19.1. The van der Waals surface area contributed by atoms with E-state index >= 15 is 0 Å². The molecule has 0 amide bonds. The average molecular weight is 368 g/mol. The highest BCUT2D eigenvalue weighted by Crippen LogP contribution is 2.34. The first-order valence-corrected chi connectivity index (χ1v) is 8.02. The largest absolute Gasteiger partial charge is 0.489 e. The SMILES string of the molecule is OB(O)c1cc(N(c2ccccc2)c2ccccc2)ccc1Br. The third kappa shape index (κ3) is 3.47. The van der Waals surface area contributed by atoms with Crippen molar-refractivity contribution in [2.75, 3.05) is 4.90 Å². The van der Waals surface area contributed by atoms with E-state index in [0.29, 0.717) is 9.94 Å². The molecule has 5 heteroatoms. The van der Waals surface area contributed by atoms with Gasteiger partial charge in [-0.2, -0.15) is 0 Å². The first kappa shape index (κ1) is 15.8. The molecule has 0 radical (unpaired) electrons. The predicted octanol–water partition coefficient (Wildman–Crippen LogP) is 3.60. The van der Waals surface area contributed by atoms with Crippen molar-refractivity contribution in [3.05, 3.63) is 83.3 Å². The van der Waals surface area contributed by atoms with Crippen LogP contribution in [0, 0.1) is 0 Å². The summed E-state index contributed by atoms with van der Waals surface area (Å²) in [6.45, 7) is 0. The second-order valence-electron chi connectivity index (χ2n) is 5.09. The Bertz CT molecular complexity index is 742. The molecule has 0 aromatic heterocycles. The summed E-state index contributed by atoms with van der Waals surface area (Å²) in [5.74, 6) is 0. The zero-order chi connectivity index (χ0) is 16.2. The Morgan fingerprint density at radius 3 is 1.70 bits per heavy atom. The molecule has 23 heavy (non-hydrogen) atoms. The number of halogens is 1. The van der Waals surface area contributed by atoms with Gasteiger partial charge in [0.2, 0.25) is 0 Å². The van der Waals surface area contributed by atoms with E-state index in [0.717, 1.165) is 17.1 Å². The normalized spacial score (nSPS) is 10.4. The Morgan fingerprint density at radius 2 is 1.22 bits per heavy atom. The highest BCUT2D eigenvalue weighted by Gasteiger charge is 2.18. The Kier molecular flexibility index (Phi) is 4.81. The Labute approximate surface area is 144 Å². The fourth-order valence-corrected chi connectivity index (χ4v) is 2.92. The van der Waals surface area contributed by atoms with Gasteiger partial charge in [-0.15, -0.1) is 0 Å². The molecule has 0 saturated heterocycles. The van der Waals surface area contributed by atoms with Crippen molar-refractivity contribution >= 4 is 45.6 Å². The maximum atomic E-state index is 9.56. The van der Waals surface area contributed by atoms with Crippen LogP contribution in [0.1, 0.15) is 0 Å². The number of anilines is 3. The molecule has 2 N–H and O–H groups in total. The van der Waals surface area contributed by atoms with E-state index in [1.807, 2.05) is 72.8 Å². The lowest BCUT2D eigenvalue weighted by atomic mass is 9.80. The molecule has 3 aromatic rings. The van der Waals surface area contributed by atoms with E-state index in [4.69, 9.17) is 0 Å². The van der Waals surface area contributed by atoms with Gasteiger partial charge in [0.05, 0.1) is 0 Å². The van der Waals surface area contributed by atoms with E-state index in [1.165, 1.54) is 0 Å². The summed E-state index contributed by atoms with van der Waals surface area (Å²) >= 11 is 3.35. The van der Waals surface area contributed by atoms with Crippen molar-refractivity contribution in [1.29, 1.82) is 0 Å². The quantitative estimate of drug-likeness (QED) is 0.692. The molecule has 0 aliphatic heterocycles. The van der Waals surface area contributed by atoms with E-state index in [-0.39, 0.29) is 0 Å². The topological polar surface area (TPSA) is 43.7 Å². The van der Waals surface area contributed by atoms with E-state index in [9.17, 15) is 10.0 Å². The van der Waals surface area contributed by atoms with Crippen molar-refractivity contribution < 1.29 is 10.0 Å². The van der Waals surface area contributed by atoms with Gasteiger partial charge in [-0.1, -0.05) is 52.3 Å². The fourth-order valence-electron chi connectivity index (χ4n) is 2.47. The summed E-state index contributed by atoms with van der Waals surface area (Å²) in [5.41, 5.74) is 3.28. The van der Waals surface area contributed by atoms with E-state index < -0.39 is 7.12 Å². The van der Waals surface area contributed by atoms with Crippen molar-refractivity contribution in [2.45, 2.75) is 0 Å². The highest BCUT2D eigenvalue weighted by atomic mass is 79.9. The fraction of sp³-hybridized carbons (Fsp3) is 0. The molecule has 0 aliphatic carbocycles. The van der Waals surface area contributed by atoms with Gasteiger partial charge in [-0.25, -0.2) is 0 Å². The molecule has 114 valence electrons. The number of rotatable bonds is 4. The zero-order valence-electron chi connectivity index (χ0n) is 12.3. The summed E-state index contributed by atoms with van der Waals surface area (Å²) < 4.78 is 0.664. The number of nitrogens with zero attached hydrogens (tertiary/aromatic N) is 1. The van der Waals surface area contributed by atoms with Gasteiger partial charge in [-0.3, -0.25) is 0 Å². The molecule has 0 bridgehead atoms. The Balaban J connectivity index is 2.15. The lowest BCUT2D eigenvalue weighted by Gasteiger charge is -2.26. The minimum Gasteiger partial charge on any atom is -0.423 e. The minimum absolute atomic E-state index is 0.430. The van der Waals surface area contributed by atoms with Crippen molar-refractivity contribution in [2.24, 2.45) is 0 Å². The maximum absolute atomic E-state index is 9.56. The van der Waals surface area contributed by atoms with Gasteiger partial charge >= 0.3 is 7.12 Å². The average Bonchev–Trinajstić information content (AvgIpc) is 2.58. The third-order valence-corrected chi connectivity index (χ3v) is 4.27. The number of hydrogen-bond acceptors (Lipinski definition) is 3. The van der Waals surface area contributed by atoms with Crippen LogP contribution >= 0.6 is 15.9 Å². The summed E-state index contributed by atoms with van der Waals surface area (Å²) in [6.07, 6.45) is 0. The smallest absolute Gasteiger partial charge is 0.423 e. The van der Waals surface area contributed by atoms with Gasteiger partial charge < -0.3 is 14.9 Å². The van der Waals surface area contributed by atoms with Crippen LogP contribution in [0.25, 0.3) is 0 Å². The van der Waals surface area contributed by atoms with Gasteiger partial charge in [0.1, 0.15) is 0 Å². The monoisotopic (exact) mass is 367 g/mol. The predicted molar refractivity (Wildman–Crippen MR) is 98.7 cm³/mol. The first-order valence-electron chi connectivity index (χ1n) is 7.22. The van der Waals surface area contributed by atoms with Crippen LogP contribution in [0.15, 0.2) is 83.3 Å². The second-order valence-corrected chi connectivity index (χ2v) is 5.94. The number of benzene rings is 3. The first-order chi connectivity index (χ1) is 11.2. The van der Waals surface area contributed by atoms with Crippen LogP contribution in [0.4, 0.5) is 17.1 Å². The standard InChI is InChI=1S/C18H15BBrNO2/c20-18-12-11-16(13-17(18)19(22)23)21(14-7-3-1-4-8-14)15-9-5-2-6-10-15/h1-13,22-23H. The summed E-state index contributed by atoms with van der Waals surface area (Å²) in [7, 11) is -1.53. The van der Waals surface area contributed by atoms with Crippen LogP contribution in [0.2, 0.25) is 0 Å². The molecule has 0 unspecified atom stereocenters. The Morgan fingerprint density at radius 1 is 0.696 bits per heavy atom. The molecule has 0 saturated carbocycles. The molecule has 0 heterocycles. The molecule has 0 spiro atoms. The van der Waals surface area contributed by atoms with Crippen LogP contribution < -0.4 is 10.4 Å². The number of para-hydroxylation sites is 2. The van der Waals surface area contributed by atoms with Crippen LogP contribution in [-0.2, 0) is 0 Å². The Hall–Kier alpha value is -2.08. The molecule has 3 nitrogen and oxygen atoms in total. The van der Waals surface area contributed by atoms with Gasteiger partial charge in [-0.05, 0) is 47.9 Å².